The Balaban J connectivity index is 2.51. The van der Waals surface area contributed by atoms with Crippen molar-refractivity contribution in [3.8, 4) is 0 Å². The van der Waals surface area contributed by atoms with Crippen molar-refractivity contribution in [2.24, 2.45) is 0 Å². The Bertz CT molecular complexity index is 450. The minimum absolute atomic E-state index is 0.0702. The highest BCUT2D eigenvalue weighted by molar-refractivity contribution is 5.74. The Labute approximate surface area is 128 Å². The second kappa shape index (κ2) is 8.03. The van der Waals surface area contributed by atoms with Crippen LogP contribution in [0.2, 0.25) is 0 Å². The first kappa shape index (κ1) is 17.5. The predicted octanol–water partition coefficient (Wildman–Crippen LogP) is 2.65. The van der Waals surface area contributed by atoms with E-state index in [4.69, 9.17) is 0 Å². The van der Waals surface area contributed by atoms with E-state index < -0.39 is 6.10 Å². The molecule has 4 heteroatoms. The van der Waals surface area contributed by atoms with Gasteiger partial charge in [0.15, 0.2) is 0 Å². The number of nitrogens with one attached hydrogen (secondary N) is 1. The largest absolute Gasteiger partial charge is 0.392 e. The summed E-state index contributed by atoms with van der Waals surface area (Å²) in [7, 11) is 0. The highest BCUT2D eigenvalue weighted by Crippen LogP contribution is 2.09. The minimum atomic E-state index is -0.516. The van der Waals surface area contributed by atoms with Crippen LogP contribution in [0.25, 0.3) is 0 Å². The molecule has 2 N–H and O–H groups in total. The van der Waals surface area contributed by atoms with Gasteiger partial charge in [-0.25, -0.2) is 4.79 Å². The van der Waals surface area contributed by atoms with Crippen molar-refractivity contribution in [3.63, 3.8) is 0 Å². The third kappa shape index (κ3) is 6.17. The Kier molecular flexibility index (Phi) is 6.69. The number of aliphatic hydroxyl groups is 1. The van der Waals surface area contributed by atoms with Gasteiger partial charge in [0, 0.05) is 19.1 Å². The molecular weight excluding hydrogens is 264 g/mol. The molecule has 0 radical (unpaired) electrons. The number of benzene rings is 1. The van der Waals surface area contributed by atoms with Gasteiger partial charge < -0.3 is 15.3 Å². The molecule has 21 heavy (non-hydrogen) atoms. The monoisotopic (exact) mass is 292 g/mol. The van der Waals surface area contributed by atoms with Crippen LogP contribution in [0.3, 0.4) is 0 Å². The van der Waals surface area contributed by atoms with Crippen LogP contribution in [-0.2, 0) is 6.42 Å². The lowest BCUT2D eigenvalue weighted by molar-refractivity contribution is 0.119. The van der Waals surface area contributed by atoms with Crippen molar-refractivity contribution in [1.29, 1.82) is 0 Å². The summed E-state index contributed by atoms with van der Waals surface area (Å²) in [5.74, 6) is 0. The van der Waals surface area contributed by atoms with Crippen LogP contribution in [0.5, 0.6) is 0 Å². The van der Waals surface area contributed by atoms with E-state index in [1.807, 2.05) is 13.8 Å². The molecule has 0 aliphatic carbocycles. The van der Waals surface area contributed by atoms with Gasteiger partial charge in [-0.3, -0.25) is 0 Å². The number of aryl methyl sites for hydroxylation is 2. The zero-order chi connectivity index (χ0) is 16.0. The van der Waals surface area contributed by atoms with Crippen LogP contribution in [-0.4, -0.2) is 41.3 Å². The quantitative estimate of drug-likeness (QED) is 0.847. The smallest absolute Gasteiger partial charge is 0.317 e. The van der Waals surface area contributed by atoms with Crippen LogP contribution in [0.1, 0.15) is 37.5 Å². The SMILES string of the molecule is Cc1cc(C)cc(CCNC(=O)N(CC(C)O)C(C)C)c1. The minimum Gasteiger partial charge on any atom is -0.392 e. The Morgan fingerprint density at radius 1 is 1.19 bits per heavy atom. The number of hydrogen-bond acceptors (Lipinski definition) is 2. The van der Waals surface area contributed by atoms with Crippen LogP contribution < -0.4 is 5.32 Å². The Morgan fingerprint density at radius 3 is 2.24 bits per heavy atom. The molecule has 0 bridgehead atoms. The van der Waals surface area contributed by atoms with Crippen molar-refractivity contribution in [1.82, 2.24) is 10.2 Å². The van der Waals surface area contributed by atoms with Gasteiger partial charge in [-0.2, -0.15) is 0 Å². The number of amides is 2. The van der Waals surface area contributed by atoms with Gasteiger partial charge in [-0.1, -0.05) is 29.3 Å². The van der Waals surface area contributed by atoms with Gasteiger partial charge in [0.1, 0.15) is 0 Å². The van der Waals surface area contributed by atoms with Gasteiger partial charge >= 0.3 is 6.03 Å². The van der Waals surface area contributed by atoms with Crippen LogP contribution in [0.4, 0.5) is 4.79 Å². The molecule has 1 unspecified atom stereocenters. The fraction of sp³-hybridized carbons (Fsp3) is 0.588. The normalized spacial score (nSPS) is 12.3. The second-order valence-corrected chi connectivity index (χ2v) is 6.07. The lowest BCUT2D eigenvalue weighted by Gasteiger charge is -2.28. The lowest BCUT2D eigenvalue weighted by Crippen LogP contribution is -2.47. The molecule has 4 nitrogen and oxygen atoms in total. The standard InChI is InChI=1S/C17H28N2O2/c1-12(2)19(11-15(5)20)17(21)18-7-6-16-9-13(3)8-14(4)10-16/h8-10,12,15,20H,6-7,11H2,1-5H3,(H,18,21). The molecule has 118 valence electrons. The average molecular weight is 292 g/mol. The Hall–Kier alpha value is -1.55. The Morgan fingerprint density at radius 2 is 1.76 bits per heavy atom. The van der Waals surface area contributed by atoms with Crippen molar-refractivity contribution < 1.29 is 9.90 Å². The number of carbonyl (C=O) groups is 1. The zero-order valence-corrected chi connectivity index (χ0v) is 13.8. The molecule has 2 amide bonds. The molecule has 0 aliphatic rings. The van der Waals surface area contributed by atoms with Crippen LogP contribution in [0.15, 0.2) is 18.2 Å². The second-order valence-electron chi connectivity index (χ2n) is 6.07. The number of nitrogens with zero attached hydrogens (tertiary/aromatic N) is 1. The summed E-state index contributed by atoms with van der Waals surface area (Å²) in [4.78, 5) is 13.8. The molecule has 0 fully saturated rings. The van der Waals surface area contributed by atoms with E-state index in [2.05, 4.69) is 37.4 Å². The summed E-state index contributed by atoms with van der Waals surface area (Å²) in [5, 5.41) is 12.4. The zero-order valence-electron chi connectivity index (χ0n) is 13.8. The molecule has 0 heterocycles. The average Bonchev–Trinajstić information content (AvgIpc) is 2.34. The first-order chi connectivity index (χ1) is 9.79. The molecule has 1 rings (SSSR count). The molecule has 1 atom stereocenters. The van der Waals surface area contributed by atoms with E-state index in [0.717, 1.165) is 6.42 Å². The van der Waals surface area contributed by atoms with E-state index in [9.17, 15) is 9.90 Å². The topological polar surface area (TPSA) is 52.6 Å². The van der Waals surface area contributed by atoms with Gasteiger partial charge in [0.25, 0.3) is 0 Å². The maximum Gasteiger partial charge on any atom is 0.317 e. The predicted molar refractivity (Wildman–Crippen MR) is 86.5 cm³/mol. The molecule has 0 saturated heterocycles. The first-order valence-corrected chi connectivity index (χ1v) is 7.59. The summed E-state index contributed by atoms with van der Waals surface area (Å²) in [5.41, 5.74) is 3.72. The molecule has 1 aromatic rings. The fourth-order valence-electron chi connectivity index (χ4n) is 2.44. The van der Waals surface area contributed by atoms with Gasteiger partial charge in [0.2, 0.25) is 0 Å². The van der Waals surface area contributed by atoms with Gasteiger partial charge in [-0.05, 0) is 46.6 Å². The third-order valence-electron chi connectivity index (χ3n) is 3.32. The molecular formula is C17H28N2O2. The summed E-state index contributed by atoms with van der Waals surface area (Å²) in [6.07, 6.45) is 0.298. The third-order valence-corrected chi connectivity index (χ3v) is 3.32. The lowest BCUT2D eigenvalue weighted by atomic mass is 10.1. The maximum absolute atomic E-state index is 12.1. The molecule has 0 aromatic heterocycles. The number of urea groups is 1. The highest BCUT2D eigenvalue weighted by atomic mass is 16.3. The molecule has 1 aromatic carbocycles. The summed E-state index contributed by atoms with van der Waals surface area (Å²) < 4.78 is 0. The molecule has 0 spiro atoms. The van der Waals surface area contributed by atoms with Crippen molar-refractivity contribution >= 4 is 6.03 Å². The number of aliphatic hydroxyl groups excluding tert-OH is 1. The van der Waals surface area contributed by atoms with E-state index >= 15 is 0 Å². The maximum atomic E-state index is 12.1. The summed E-state index contributed by atoms with van der Waals surface area (Å²) in [6, 6.07) is 6.39. The van der Waals surface area contributed by atoms with Gasteiger partial charge in [-0.15, -0.1) is 0 Å². The van der Waals surface area contributed by atoms with Crippen molar-refractivity contribution in [3.05, 3.63) is 34.9 Å². The van der Waals surface area contributed by atoms with Crippen LogP contribution in [0, 0.1) is 13.8 Å². The van der Waals surface area contributed by atoms with E-state index in [0.29, 0.717) is 13.1 Å². The number of hydrogen-bond donors (Lipinski definition) is 2. The van der Waals surface area contributed by atoms with Crippen molar-refractivity contribution in [2.45, 2.75) is 53.2 Å². The molecule has 0 saturated carbocycles. The number of rotatable bonds is 6. The summed E-state index contributed by atoms with van der Waals surface area (Å²) in [6.45, 7) is 10.7. The van der Waals surface area contributed by atoms with E-state index in [-0.39, 0.29) is 12.1 Å². The number of carbonyl (C=O) groups excluding carboxylic acids is 1. The highest BCUT2D eigenvalue weighted by Gasteiger charge is 2.17. The van der Waals surface area contributed by atoms with Crippen molar-refractivity contribution in [2.75, 3.05) is 13.1 Å². The van der Waals surface area contributed by atoms with E-state index in [1.54, 1.807) is 11.8 Å². The fourth-order valence-corrected chi connectivity index (χ4v) is 2.44. The van der Waals surface area contributed by atoms with Gasteiger partial charge in [0.05, 0.1) is 6.10 Å². The van der Waals surface area contributed by atoms with Crippen LogP contribution >= 0.6 is 0 Å². The first-order valence-electron chi connectivity index (χ1n) is 7.59. The van der Waals surface area contributed by atoms with E-state index in [1.165, 1.54) is 16.7 Å². The molecule has 0 aliphatic heterocycles. The summed E-state index contributed by atoms with van der Waals surface area (Å²) >= 11 is 0.